The Balaban J connectivity index is 1.91. The molecule has 1 unspecified atom stereocenters. The van der Waals surface area contributed by atoms with Crippen molar-refractivity contribution in [1.29, 1.82) is 0 Å². The van der Waals surface area contributed by atoms with Gasteiger partial charge in [-0.15, -0.1) is 0 Å². The van der Waals surface area contributed by atoms with Gasteiger partial charge >= 0.3 is 0 Å². The smallest absolute Gasteiger partial charge is 0.212 e. The second-order valence-corrected chi connectivity index (χ2v) is 6.81. The summed E-state index contributed by atoms with van der Waals surface area (Å²) in [5.41, 5.74) is 2.48. The van der Waals surface area contributed by atoms with Crippen molar-refractivity contribution in [3.63, 3.8) is 0 Å². The van der Waals surface area contributed by atoms with Crippen LogP contribution in [-0.4, -0.2) is 37.0 Å². The number of aryl methyl sites for hydroxylation is 1. The van der Waals surface area contributed by atoms with Crippen molar-refractivity contribution < 1.29 is 8.42 Å². The van der Waals surface area contributed by atoms with Crippen LogP contribution >= 0.6 is 0 Å². The number of hydrogen-bond donors (Lipinski definition) is 2. The Morgan fingerprint density at radius 1 is 1.53 bits per heavy atom. The van der Waals surface area contributed by atoms with Gasteiger partial charge in [0.05, 0.1) is 11.9 Å². The molecule has 0 fully saturated rings. The van der Waals surface area contributed by atoms with Crippen LogP contribution in [-0.2, 0) is 23.5 Å². The number of nitrogens with one attached hydrogen (secondary N) is 2. The Morgan fingerprint density at radius 2 is 2.32 bits per heavy atom. The fraction of sp³-hybridized carbons (Fsp3) is 0.750. The van der Waals surface area contributed by atoms with E-state index in [-0.39, 0.29) is 11.8 Å². The highest BCUT2D eigenvalue weighted by Gasteiger charge is 2.23. The van der Waals surface area contributed by atoms with E-state index < -0.39 is 10.0 Å². The van der Waals surface area contributed by atoms with E-state index in [4.69, 9.17) is 0 Å². The molecule has 0 aliphatic heterocycles. The zero-order valence-electron chi connectivity index (χ0n) is 11.5. The molecule has 1 heterocycles. The maximum atomic E-state index is 11.6. The van der Waals surface area contributed by atoms with Crippen LogP contribution in [0.2, 0.25) is 0 Å². The van der Waals surface area contributed by atoms with Crippen LogP contribution in [0.15, 0.2) is 6.20 Å². The van der Waals surface area contributed by atoms with Gasteiger partial charge in [-0.1, -0.05) is 6.92 Å². The van der Waals surface area contributed by atoms with E-state index in [1.54, 1.807) is 6.92 Å². The molecular weight excluding hydrogens is 264 g/mol. The number of nitrogens with zero attached hydrogens (tertiary/aromatic N) is 2. The Bertz CT molecular complexity index is 524. The number of hydrogen-bond acceptors (Lipinski definition) is 4. The highest BCUT2D eigenvalue weighted by atomic mass is 32.2. The van der Waals surface area contributed by atoms with Crippen molar-refractivity contribution in [3.8, 4) is 0 Å². The number of sulfonamides is 1. The highest BCUT2D eigenvalue weighted by Crippen LogP contribution is 2.28. The molecule has 1 aromatic heterocycles. The molecule has 6 nitrogen and oxygen atoms in total. The first-order valence-corrected chi connectivity index (χ1v) is 8.40. The summed E-state index contributed by atoms with van der Waals surface area (Å²) in [5.74, 6) is 0.118. The van der Waals surface area contributed by atoms with Crippen molar-refractivity contribution in [3.05, 3.63) is 17.5 Å². The topological polar surface area (TPSA) is 76.0 Å². The number of fused-ring (bicyclic) bond motifs is 1. The standard InChI is InChI=1S/C12H22N4O2S/c1-3-15-19(17,18)8-7-13-11-5-4-6-12-10(11)9-14-16(12)2/h9,11,13,15H,3-8H2,1-2H3. The van der Waals surface area contributed by atoms with Crippen molar-refractivity contribution in [2.24, 2.45) is 7.05 Å². The van der Waals surface area contributed by atoms with Crippen LogP contribution in [0.25, 0.3) is 0 Å². The van der Waals surface area contributed by atoms with E-state index in [1.165, 1.54) is 11.3 Å². The molecule has 0 saturated carbocycles. The molecule has 1 aliphatic carbocycles. The summed E-state index contributed by atoms with van der Waals surface area (Å²) in [6.07, 6.45) is 5.11. The van der Waals surface area contributed by atoms with Crippen molar-refractivity contribution in [2.75, 3.05) is 18.8 Å². The zero-order chi connectivity index (χ0) is 13.9. The van der Waals surface area contributed by atoms with Gasteiger partial charge in [0.25, 0.3) is 0 Å². The largest absolute Gasteiger partial charge is 0.309 e. The summed E-state index contributed by atoms with van der Waals surface area (Å²) < 4.78 is 27.5. The average Bonchev–Trinajstić information content (AvgIpc) is 2.72. The predicted octanol–water partition coefficient (Wildman–Crippen LogP) is 0.326. The third kappa shape index (κ3) is 3.55. The van der Waals surface area contributed by atoms with E-state index in [1.807, 2.05) is 17.9 Å². The minimum absolute atomic E-state index is 0.118. The molecular formula is C12H22N4O2S. The monoisotopic (exact) mass is 286 g/mol. The average molecular weight is 286 g/mol. The van der Waals surface area contributed by atoms with Gasteiger partial charge < -0.3 is 5.32 Å². The van der Waals surface area contributed by atoms with E-state index in [2.05, 4.69) is 15.1 Å². The van der Waals surface area contributed by atoms with E-state index >= 15 is 0 Å². The first-order chi connectivity index (χ1) is 9.03. The first-order valence-electron chi connectivity index (χ1n) is 6.75. The van der Waals surface area contributed by atoms with Gasteiger partial charge in [0, 0.05) is 37.4 Å². The van der Waals surface area contributed by atoms with Crippen LogP contribution in [0.5, 0.6) is 0 Å². The summed E-state index contributed by atoms with van der Waals surface area (Å²) in [7, 11) is -1.18. The van der Waals surface area contributed by atoms with Gasteiger partial charge in [-0.3, -0.25) is 4.68 Å². The van der Waals surface area contributed by atoms with Gasteiger partial charge in [-0.25, -0.2) is 13.1 Å². The first kappa shape index (κ1) is 14.5. The molecule has 2 N–H and O–H groups in total. The van der Waals surface area contributed by atoms with Gasteiger partial charge in [0.15, 0.2) is 0 Å². The molecule has 2 rings (SSSR count). The highest BCUT2D eigenvalue weighted by molar-refractivity contribution is 7.89. The van der Waals surface area contributed by atoms with E-state index in [0.717, 1.165) is 19.3 Å². The molecule has 0 amide bonds. The fourth-order valence-corrected chi connectivity index (χ4v) is 3.55. The van der Waals surface area contributed by atoms with Crippen LogP contribution < -0.4 is 10.0 Å². The summed E-state index contributed by atoms with van der Waals surface area (Å²) in [6.45, 7) is 2.70. The second kappa shape index (κ2) is 6.02. The zero-order valence-corrected chi connectivity index (χ0v) is 12.3. The van der Waals surface area contributed by atoms with Crippen LogP contribution in [0, 0.1) is 0 Å². The molecule has 1 atom stereocenters. The molecule has 0 aromatic carbocycles. The maximum Gasteiger partial charge on any atom is 0.212 e. The Morgan fingerprint density at radius 3 is 3.05 bits per heavy atom. The molecule has 0 radical (unpaired) electrons. The summed E-state index contributed by atoms with van der Waals surface area (Å²) >= 11 is 0. The van der Waals surface area contributed by atoms with Crippen molar-refractivity contribution in [2.45, 2.75) is 32.2 Å². The summed E-state index contributed by atoms with van der Waals surface area (Å²) in [6, 6.07) is 0.231. The van der Waals surface area contributed by atoms with E-state index in [0.29, 0.717) is 13.1 Å². The lowest BCUT2D eigenvalue weighted by atomic mass is 9.93. The van der Waals surface area contributed by atoms with Gasteiger partial charge in [-0.2, -0.15) is 5.10 Å². The SMILES string of the molecule is CCNS(=O)(=O)CCNC1CCCc2c1cnn2C. The molecule has 0 saturated heterocycles. The Labute approximate surface area is 114 Å². The molecule has 19 heavy (non-hydrogen) atoms. The van der Waals surface area contributed by atoms with E-state index in [9.17, 15) is 8.42 Å². The van der Waals surface area contributed by atoms with Crippen molar-refractivity contribution in [1.82, 2.24) is 19.8 Å². The summed E-state index contributed by atoms with van der Waals surface area (Å²) in [4.78, 5) is 0. The Kier molecular flexibility index (Phi) is 4.59. The molecule has 7 heteroatoms. The number of rotatable bonds is 6. The lowest BCUT2D eigenvalue weighted by molar-refractivity contribution is 0.462. The fourth-order valence-electron chi connectivity index (χ4n) is 2.58. The molecule has 1 aromatic rings. The third-order valence-electron chi connectivity index (χ3n) is 3.50. The van der Waals surface area contributed by atoms with Gasteiger partial charge in [0.2, 0.25) is 10.0 Å². The van der Waals surface area contributed by atoms with Crippen LogP contribution in [0.3, 0.4) is 0 Å². The molecule has 0 bridgehead atoms. The van der Waals surface area contributed by atoms with Gasteiger partial charge in [-0.05, 0) is 19.3 Å². The van der Waals surface area contributed by atoms with Crippen LogP contribution in [0.1, 0.15) is 37.1 Å². The lowest BCUT2D eigenvalue weighted by Gasteiger charge is -2.23. The maximum absolute atomic E-state index is 11.6. The Hall–Kier alpha value is -0.920. The molecule has 108 valence electrons. The quantitative estimate of drug-likeness (QED) is 0.790. The number of aromatic nitrogens is 2. The minimum Gasteiger partial charge on any atom is -0.309 e. The lowest BCUT2D eigenvalue weighted by Crippen LogP contribution is -2.34. The molecule has 1 aliphatic rings. The minimum atomic E-state index is -3.14. The predicted molar refractivity (Wildman–Crippen MR) is 74.4 cm³/mol. The normalized spacial score (nSPS) is 19.4. The third-order valence-corrected chi connectivity index (χ3v) is 4.97. The van der Waals surface area contributed by atoms with Crippen molar-refractivity contribution >= 4 is 10.0 Å². The van der Waals surface area contributed by atoms with Crippen LogP contribution in [0.4, 0.5) is 0 Å². The summed E-state index contributed by atoms with van der Waals surface area (Å²) in [5, 5.41) is 7.61. The molecule has 0 spiro atoms. The second-order valence-electron chi connectivity index (χ2n) is 4.89. The van der Waals surface area contributed by atoms with Gasteiger partial charge in [0.1, 0.15) is 0 Å².